The van der Waals surface area contributed by atoms with Gasteiger partial charge in [-0.15, -0.1) is 0 Å². The molecule has 1 aromatic heterocycles. The van der Waals surface area contributed by atoms with Crippen molar-refractivity contribution in [1.82, 2.24) is 4.98 Å². The summed E-state index contributed by atoms with van der Waals surface area (Å²) in [6, 6.07) is 5.20. The second-order valence-corrected chi connectivity index (χ2v) is 5.62. The Hall–Kier alpha value is -1.54. The van der Waals surface area contributed by atoms with E-state index in [4.69, 9.17) is 0 Å². The van der Waals surface area contributed by atoms with Crippen molar-refractivity contribution >= 4 is 43.2 Å². The lowest BCUT2D eigenvalue weighted by atomic mass is 10.2. The highest BCUT2D eigenvalue weighted by molar-refractivity contribution is 9.11. The van der Waals surface area contributed by atoms with Crippen LogP contribution in [-0.2, 0) is 6.54 Å². The number of nitro benzene ring substituents is 1. The highest BCUT2D eigenvalue weighted by Gasteiger charge is 2.15. The van der Waals surface area contributed by atoms with Crippen molar-refractivity contribution in [1.29, 1.82) is 0 Å². The van der Waals surface area contributed by atoms with E-state index in [1.165, 1.54) is 12.1 Å². The molecule has 0 saturated heterocycles. The molecule has 0 atom stereocenters. The molecule has 0 aliphatic rings. The highest BCUT2D eigenvalue weighted by Crippen LogP contribution is 2.26. The van der Waals surface area contributed by atoms with E-state index in [1.54, 1.807) is 6.20 Å². The van der Waals surface area contributed by atoms with Crippen molar-refractivity contribution in [3.63, 3.8) is 0 Å². The van der Waals surface area contributed by atoms with Gasteiger partial charge in [0.1, 0.15) is 11.5 Å². The monoisotopic (exact) mass is 403 g/mol. The molecule has 0 radical (unpaired) electrons. The van der Waals surface area contributed by atoms with Crippen LogP contribution in [-0.4, -0.2) is 9.91 Å². The largest absolute Gasteiger partial charge is 0.374 e. The van der Waals surface area contributed by atoms with E-state index >= 15 is 0 Å². The van der Waals surface area contributed by atoms with Gasteiger partial charge in [-0.05, 0) is 50.1 Å². The molecule has 20 heavy (non-hydrogen) atoms. The Morgan fingerprint density at radius 1 is 1.35 bits per heavy atom. The summed E-state index contributed by atoms with van der Waals surface area (Å²) < 4.78 is 14.6. The fourth-order valence-electron chi connectivity index (χ4n) is 1.56. The molecule has 0 unspecified atom stereocenters. The zero-order valence-electron chi connectivity index (χ0n) is 9.94. The summed E-state index contributed by atoms with van der Waals surface area (Å²) in [5.41, 5.74) is 0.623. The van der Waals surface area contributed by atoms with E-state index in [1.807, 2.05) is 6.07 Å². The molecule has 1 N–H and O–H groups in total. The molecule has 0 saturated carbocycles. The van der Waals surface area contributed by atoms with Crippen LogP contribution in [0, 0.1) is 15.9 Å². The van der Waals surface area contributed by atoms with Gasteiger partial charge in [-0.2, -0.15) is 0 Å². The van der Waals surface area contributed by atoms with Gasteiger partial charge in [-0.25, -0.2) is 4.39 Å². The maximum absolute atomic E-state index is 13.0. The molecule has 0 aliphatic heterocycles. The number of halogens is 3. The molecule has 104 valence electrons. The maximum atomic E-state index is 13.0. The molecule has 0 bridgehead atoms. The topological polar surface area (TPSA) is 68.1 Å². The Balaban J connectivity index is 2.20. The number of aromatic nitrogens is 1. The zero-order valence-corrected chi connectivity index (χ0v) is 13.1. The van der Waals surface area contributed by atoms with Gasteiger partial charge in [0.25, 0.3) is 5.69 Å². The zero-order chi connectivity index (χ0) is 14.7. The molecule has 2 aromatic rings. The van der Waals surface area contributed by atoms with E-state index in [9.17, 15) is 14.5 Å². The summed E-state index contributed by atoms with van der Waals surface area (Å²) in [6.45, 7) is 0.278. The first-order valence-corrected chi connectivity index (χ1v) is 7.03. The van der Waals surface area contributed by atoms with Gasteiger partial charge in [0, 0.05) is 15.1 Å². The van der Waals surface area contributed by atoms with Crippen molar-refractivity contribution in [2.75, 3.05) is 5.32 Å². The number of nitrogens with one attached hydrogen (secondary N) is 1. The van der Waals surface area contributed by atoms with Crippen LogP contribution in [0.25, 0.3) is 0 Å². The van der Waals surface area contributed by atoms with Crippen LogP contribution in [0.3, 0.4) is 0 Å². The average Bonchev–Trinajstić information content (AvgIpc) is 2.38. The number of hydrogen-bond acceptors (Lipinski definition) is 4. The minimum atomic E-state index is -0.648. The quantitative estimate of drug-likeness (QED) is 0.610. The first-order valence-electron chi connectivity index (χ1n) is 5.45. The van der Waals surface area contributed by atoms with Gasteiger partial charge < -0.3 is 5.32 Å². The molecule has 1 aromatic carbocycles. The molecule has 0 fully saturated rings. The number of nitrogens with zero attached hydrogens (tertiary/aromatic N) is 2. The Bertz CT molecular complexity index is 667. The fourth-order valence-corrected chi connectivity index (χ4v) is 2.68. The molecule has 1 heterocycles. The van der Waals surface area contributed by atoms with Crippen LogP contribution in [0.4, 0.5) is 15.8 Å². The molecule has 2 rings (SSSR count). The number of nitro groups is 1. The predicted molar refractivity (Wildman–Crippen MR) is 80.0 cm³/mol. The summed E-state index contributed by atoms with van der Waals surface area (Å²) in [5, 5.41) is 13.7. The molecule has 5 nitrogen and oxygen atoms in total. The van der Waals surface area contributed by atoms with Crippen molar-refractivity contribution in [2.24, 2.45) is 0 Å². The Labute approximate surface area is 130 Å². The lowest BCUT2D eigenvalue weighted by molar-refractivity contribution is -0.384. The second kappa shape index (κ2) is 6.27. The van der Waals surface area contributed by atoms with Crippen molar-refractivity contribution in [3.8, 4) is 0 Å². The van der Waals surface area contributed by atoms with E-state index in [2.05, 4.69) is 42.2 Å². The van der Waals surface area contributed by atoms with E-state index in [0.29, 0.717) is 5.69 Å². The van der Waals surface area contributed by atoms with Crippen molar-refractivity contribution < 1.29 is 9.31 Å². The fraction of sp³-hybridized carbons (Fsp3) is 0.0833. The van der Waals surface area contributed by atoms with Crippen LogP contribution in [0.1, 0.15) is 5.69 Å². The minimum Gasteiger partial charge on any atom is -0.374 e. The van der Waals surface area contributed by atoms with Crippen LogP contribution in [0.2, 0.25) is 0 Å². The summed E-state index contributed by atoms with van der Waals surface area (Å²) in [5.74, 6) is -0.648. The molecular formula is C12H8Br2FN3O2. The first kappa shape index (κ1) is 14.9. The second-order valence-electron chi connectivity index (χ2n) is 3.85. The van der Waals surface area contributed by atoms with Crippen LogP contribution in [0.5, 0.6) is 0 Å². The summed E-state index contributed by atoms with van der Waals surface area (Å²) in [6.07, 6.45) is 1.63. The van der Waals surface area contributed by atoms with Gasteiger partial charge in [0.05, 0.1) is 23.2 Å². The number of hydrogen-bond donors (Lipinski definition) is 1. The first-order chi connectivity index (χ1) is 9.47. The Kier molecular flexibility index (Phi) is 4.66. The molecule has 0 spiro atoms. The van der Waals surface area contributed by atoms with Gasteiger partial charge in [-0.3, -0.25) is 15.1 Å². The highest BCUT2D eigenvalue weighted by atomic mass is 79.9. The third-order valence-electron chi connectivity index (χ3n) is 2.49. The summed E-state index contributed by atoms with van der Waals surface area (Å²) in [7, 11) is 0. The Morgan fingerprint density at radius 3 is 2.75 bits per heavy atom. The smallest absolute Gasteiger partial charge is 0.295 e. The number of rotatable bonds is 4. The molecular weight excluding hydrogens is 397 g/mol. The standard InChI is InChI=1S/C12H8Br2FN3O2/c13-7-3-9(14)11(16-5-7)6-17-10-2-1-8(15)4-12(10)18(19)20/h1-5,17H,6H2. The summed E-state index contributed by atoms with van der Waals surface area (Å²) >= 11 is 6.64. The van der Waals surface area contributed by atoms with E-state index in [0.717, 1.165) is 15.0 Å². The third kappa shape index (κ3) is 3.51. The number of benzene rings is 1. The normalized spacial score (nSPS) is 10.3. The maximum Gasteiger partial charge on any atom is 0.295 e. The van der Waals surface area contributed by atoms with E-state index in [-0.39, 0.29) is 17.9 Å². The van der Waals surface area contributed by atoms with Crippen LogP contribution >= 0.6 is 31.9 Å². The van der Waals surface area contributed by atoms with Crippen molar-refractivity contribution in [2.45, 2.75) is 6.54 Å². The number of anilines is 1. The van der Waals surface area contributed by atoms with Crippen LogP contribution < -0.4 is 5.32 Å². The van der Waals surface area contributed by atoms with Gasteiger partial charge in [0.15, 0.2) is 0 Å². The van der Waals surface area contributed by atoms with Crippen LogP contribution in [0.15, 0.2) is 39.4 Å². The summed E-state index contributed by atoms with van der Waals surface area (Å²) in [4.78, 5) is 14.4. The van der Waals surface area contributed by atoms with Gasteiger partial charge in [-0.1, -0.05) is 0 Å². The van der Waals surface area contributed by atoms with E-state index < -0.39 is 10.7 Å². The van der Waals surface area contributed by atoms with Crippen molar-refractivity contribution in [3.05, 3.63) is 61.0 Å². The molecule has 0 aliphatic carbocycles. The SMILES string of the molecule is O=[N+]([O-])c1cc(F)ccc1NCc1ncc(Br)cc1Br. The minimum absolute atomic E-state index is 0.244. The average molecular weight is 405 g/mol. The third-order valence-corrected chi connectivity index (χ3v) is 3.61. The molecule has 0 amide bonds. The van der Waals surface area contributed by atoms with Gasteiger partial charge >= 0.3 is 0 Å². The molecule has 8 heteroatoms. The lowest BCUT2D eigenvalue weighted by Gasteiger charge is -2.08. The van der Waals surface area contributed by atoms with Gasteiger partial charge in [0.2, 0.25) is 0 Å². The lowest BCUT2D eigenvalue weighted by Crippen LogP contribution is -2.05. The Morgan fingerprint density at radius 2 is 2.10 bits per heavy atom. The predicted octanol–water partition coefficient (Wildman–Crippen LogP) is 4.27. The number of pyridine rings is 1.